The van der Waals surface area contributed by atoms with Gasteiger partial charge < -0.3 is 15.1 Å². The Morgan fingerprint density at radius 1 is 1.04 bits per heavy atom. The second kappa shape index (κ2) is 9.74. The van der Waals surface area contributed by atoms with E-state index in [0.717, 1.165) is 36.6 Å². The Morgan fingerprint density at radius 2 is 1.75 bits per heavy atom. The summed E-state index contributed by atoms with van der Waals surface area (Å²) in [5.41, 5.74) is 2.64. The maximum atomic E-state index is 12.9. The van der Waals surface area contributed by atoms with Crippen molar-refractivity contribution >= 4 is 24.2 Å². The molecule has 0 atom stereocenters. The van der Waals surface area contributed by atoms with Crippen molar-refractivity contribution in [1.82, 2.24) is 25.3 Å². The average molecular weight is 410 g/mol. The van der Waals surface area contributed by atoms with Crippen molar-refractivity contribution < 1.29 is 9.59 Å². The summed E-state index contributed by atoms with van der Waals surface area (Å²) < 4.78 is 0. The zero-order chi connectivity index (χ0) is 18.6. The molecule has 1 saturated carbocycles. The van der Waals surface area contributed by atoms with Crippen LogP contribution in [0.1, 0.15) is 66.7 Å². The third-order valence-electron chi connectivity index (χ3n) is 6.42. The number of hydrogen-bond acceptors (Lipinski definition) is 4. The molecule has 0 unspecified atom stereocenters. The van der Waals surface area contributed by atoms with E-state index in [1.165, 1.54) is 32.1 Å². The van der Waals surface area contributed by atoms with E-state index in [2.05, 4.69) is 15.5 Å². The Labute approximate surface area is 173 Å². The molecule has 2 fully saturated rings. The predicted molar refractivity (Wildman–Crippen MR) is 110 cm³/mol. The maximum Gasteiger partial charge on any atom is 0.274 e. The number of fused-ring (bicyclic) bond motifs is 1. The SMILES string of the molecule is Cl.O=C(CCC1CCCCC1)N1CCN(C(=O)c2n[nH]c3c2CNCC3)CC1. The number of piperazine rings is 1. The van der Waals surface area contributed by atoms with E-state index in [4.69, 9.17) is 0 Å². The fourth-order valence-corrected chi connectivity index (χ4v) is 4.67. The molecule has 7 nitrogen and oxygen atoms in total. The van der Waals surface area contributed by atoms with E-state index in [1.807, 2.05) is 9.80 Å². The van der Waals surface area contributed by atoms with Gasteiger partial charge in [-0.15, -0.1) is 12.4 Å². The number of amides is 2. The Bertz CT molecular complexity index is 678. The Morgan fingerprint density at radius 3 is 2.50 bits per heavy atom. The highest BCUT2D eigenvalue weighted by atomic mass is 35.5. The average Bonchev–Trinajstić information content (AvgIpc) is 3.16. The van der Waals surface area contributed by atoms with Crippen LogP contribution in [0, 0.1) is 5.92 Å². The number of carbonyl (C=O) groups is 2. The third-order valence-corrected chi connectivity index (χ3v) is 6.42. The number of carbonyl (C=O) groups excluding carboxylic acids is 2. The summed E-state index contributed by atoms with van der Waals surface area (Å²) >= 11 is 0. The molecule has 0 radical (unpaired) electrons. The lowest BCUT2D eigenvalue weighted by molar-refractivity contribution is -0.133. The van der Waals surface area contributed by atoms with Gasteiger partial charge in [0, 0.05) is 63.4 Å². The van der Waals surface area contributed by atoms with Crippen LogP contribution >= 0.6 is 12.4 Å². The van der Waals surface area contributed by atoms with Crippen LogP contribution in [0.4, 0.5) is 0 Å². The van der Waals surface area contributed by atoms with E-state index in [0.29, 0.717) is 44.8 Å². The molecule has 3 aliphatic rings. The van der Waals surface area contributed by atoms with Gasteiger partial charge in [0.2, 0.25) is 5.91 Å². The number of nitrogens with one attached hydrogen (secondary N) is 2. The van der Waals surface area contributed by atoms with Gasteiger partial charge >= 0.3 is 0 Å². The zero-order valence-electron chi connectivity index (χ0n) is 16.5. The lowest BCUT2D eigenvalue weighted by Crippen LogP contribution is -2.50. The first-order valence-electron chi connectivity index (χ1n) is 10.6. The molecule has 156 valence electrons. The van der Waals surface area contributed by atoms with Crippen molar-refractivity contribution in [3.8, 4) is 0 Å². The van der Waals surface area contributed by atoms with Crippen LogP contribution in [0.5, 0.6) is 0 Å². The lowest BCUT2D eigenvalue weighted by Gasteiger charge is -2.35. The van der Waals surface area contributed by atoms with Crippen LogP contribution in [-0.4, -0.2) is 64.5 Å². The number of H-pyrrole nitrogens is 1. The van der Waals surface area contributed by atoms with Crippen LogP contribution in [0.2, 0.25) is 0 Å². The van der Waals surface area contributed by atoms with Gasteiger partial charge in [0.05, 0.1) is 0 Å². The normalized spacial score (nSPS) is 20.4. The van der Waals surface area contributed by atoms with Gasteiger partial charge in [-0.05, 0) is 12.3 Å². The number of hydrogen-bond donors (Lipinski definition) is 2. The van der Waals surface area contributed by atoms with Crippen molar-refractivity contribution in [3.63, 3.8) is 0 Å². The second-order valence-electron chi connectivity index (χ2n) is 8.17. The molecule has 1 aliphatic carbocycles. The topological polar surface area (TPSA) is 81.3 Å². The van der Waals surface area contributed by atoms with Crippen molar-refractivity contribution in [1.29, 1.82) is 0 Å². The Hall–Kier alpha value is -1.60. The summed E-state index contributed by atoms with van der Waals surface area (Å²) in [7, 11) is 0. The molecule has 4 rings (SSSR count). The summed E-state index contributed by atoms with van der Waals surface area (Å²) in [6.07, 6.45) is 9.17. The van der Waals surface area contributed by atoms with Gasteiger partial charge in [0.25, 0.3) is 5.91 Å². The smallest absolute Gasteiger partial charge is 0.274 e. The van der Waals surface area contributed by atoms with Crippen molar-refractivity contribution in [2.24, 2.45) is 5.92 Å². The van der Waals surface area contributed by atoms with Crippen molar-refractivity contribution in [3.05, 3.63) is 17.0 Å². The molecule has 28 heavy (non-hydrogen) atoms. The molecule has 0 aromatic carbocycles. The molecule has 2 amide bonds. The van der Waals surface area contributed by atoms with Gasteiger partial charge in [0.1, 0.15) is 0 Å². The van der Waals surface area contributed by atoms with E-state index in [-0.39, 0.29) is 24.2 Å². The number of nitrogens with zero attached hydrogens (tertiary/aromatic N) is 3. The molecule has 1 saturated heterocycles. The van der Waals surface area contributed by atoms with E-state index in [9.17, 15) is 9.59 Å². The maximum absolute atomic E-state index is 12.9. The third kappa shape index (κ3) is 4.69. The van der Waals surface area contributed by atoms with Crippen LogP contribution in [-0.2, 0) is 17.8 Å². The first kappa shape index (κ1) is 21.1. The number of aromatic nitrogens is 2. The summed E-state index contributed by atoms with van der Waals surface area (Å²) in [4.78, 5) is 29.2. The molecule has 2 aliphatic heterocycles. The molecule has 0 bridgehead atoms. The first-order valence-corrected chi connectivity index (χ1v) is 10.6. The van der Waals surface area contributed by atoms with Gasteiger partial charge in [-0.3, -0.25) is 14.7 Å². The predicted octanol–water partition coefficient (Wildman–Crippen LogP) is 2.12. The second-order valence-corrected chi connectivity index (χ2v) is 8.17. The molecular formula is C20H32ClN5O2. The molecule has 1 aromatic heterocycles. The number of rotatable bonds is 4. The van der Waals surface area contributed by atoms with Gasteiger partial charge in [0.15, 0.2) is 5.69 Å². The summed E-state index contributed by atoms with van der Waals surface area (Å²) in [6, 6.07) is 0. The summed E-state index contributed by atoms with van der Waals surface area (Å²) in [5.74, 6) is 0.990. The monoisotopic (exact) mass is 409 g/mol. The Kier molecular flexibility index (Phi) is 7.35. The lowest BCUT2D eigenvalue weighted by atomic mass is 9.86. The molecular weight excluding hydrogens is 378 g/mol. The molecule has 8 heteroatoms. The minimum absolute atomic E-state index is 0. The minimum Gasteiger partial charge on any atom is -0.339 e. The molecule has 1 aromatic rings. The summed E-state index contributed by atoms with van der Waals surface area (Å²) in [5, 5.41) is 10.6. The standard InChI is InChI=1S/C20H31N5O2.ClH/c26-18(7-6-15-4-2-1-3-5-15)24-10-12-25(13-11-24)20(27)19-16-14-21-9-8-17(16)22-23-19;/h15,21H,1-14H2,(H,22,23);1H. The minimum atomic E-state index is -0.00879. The fraction of sp³-hybridized carbons (Fsp3) is 0.750. The van der Waals surface area contributed by atoms with Crippen molar-refractivity contribution in [2.75, 3.05) is 32.7 Å². The van der Waals surface area contributed by atoms with Crippen LogP contribution < -0.4 is 5.32 Å². The zero-order valence-corrected chi connectivity index (χ0v) is 17.4. The van der Waals surface area contributed by atoms with Gasteiger partial charge in [-0.25, -0.2) is 0 Å². The molecule has 3 heterocycles. The highest BCUT2D eigenvalue weighted by Crippen LogP contribution is 2.27. The summed E-state index contributed by atoms with van der Waals surface area (Å²) in [6.45, 7) is 4.10. The molecule has 2 N–H and O–H groups in total. The number of aromatic amines is 1. The molecule has 0 spiro atoms. The fourth-order valence-electron chi connectivity index (χ4n) is 4.67. The quantitative estimate of drug-likeness (QED) is 0.798. The Balaban J connectivity index is 0.00000225. The van der Waals surface area contributed by atoms with Gasteiger partial charge in [-0.1, -0.05) is 32.1 Å². The van der Waals surface area contributed by atoms with E-state index < -0.39 is 0 Å². The van der Waals surface area contributed by atoms with Crippen molar-refractivity contribution in [2.45, 2.75) is 57.9 Å². The van der Waals surface area contributed by atoms with Crippen LogP contribution in [0.25, 0.3) is 0 Å². The van der Waals surface area contributed by atoms with E-state index >= 15 is 0 Å². The number of halogens is 1. The highest BCUT2D eigenvalue weighted by Gasteiger charge is 2.29. The van der Waals surface area contributed by atoms with Gasteiger partial charge in [-0.2, -0.15) is 5.10 Å². The first-order chi connectivity index (χ1) is 13.2. The largest absolute Gasteiger partial charge is 0.339 e. The highest BCUT2D eigenvalue weighted by molar-refractivity contribution is 5.94. The van der Waals surface area contributed by atoms with Crippen LogP contribution in [0.3, 0.4) is 0 Å². The van der Waals surface area contributed by atoms with E-state index in [1.54, 1.807) is 0 Å². The van der Waals surface area contributed by atoms with Crippen LogP contribution in [0.15, 0.2) is 0 Å².